The lowest BCUT2D eigenvalue weighted by atomic mass is 9.46. The van der Waals surface area contributed by atoms with Crippen molar-refractivity contribution >= 4 is 12.4 Å². The summed E-state index contributed by atoms with van der Waals surface area (Å²) in [5, 5.41) is 9.33. The molecule has 0 amide bonds. The maximum atomic E-state index is 11.4. The average Bonchev–Trinajstić information content (AvgIpc) is 2.83. The Labute approximate surface area is 156 Å². The second kappa shape index (κ2) is 6.08. The summed E-state index contributed by atoms with van der Waals surface area (Å²) in [6.45, 7) is 11.3. The zero-order valence-corrected chi connectivity index (χ0v) is 16.6. The second-order valence-electron chi connectivity index (χ2n) is 9.73. The van der Waals surface area contributed by atoms with Crippen molar-refractivity contribution in [3.8, 4) is 0 Å². The van der Waals surface area contributed by atoms with Crippen LogP contribution < -0.4 is 0 Å². The zero-order valence-electron chi connectivity index (χ0n) is 16.6. The number of hydrogen-bond acceptors (Lipinski definition) is 4. The molecule has 3 rings (SSSR count). The summed E-state index contributed by atoms with van der Waals surface area (Å²) in [4.78, 5) is 22.5. The molecule has 1 saturated heterocycles. The van der Waals surface area contributed by atoms with Crippen molar-refractivity contribution in [3.05, 3.63) is 11.6 Å². The van der Waals surface area contributed by atoms with Gasteiger partial charge in [-0.1, -0.05) is 27.2 Å². The lowest BCUT2D eigenvalue weighted by Crippen LogP contribution is -2.63. The van der Waals surface area contributed by atoms with Crippen molar-refractivity contribution in [3.63, 3.8) is 0 Å². The van der Waals surface area contributed by atoms with E-state index >= 15 is 0 Å². The van der Waals surface area contributed by atoms with Crippen LogP contribution in [0.3, 0.4) is 0 Å². The molecule has 146 valence electrons. The van der Waals surface area contributed by atoms with Crippen molar-refractivity contribution in [2.45, 2.75) is 90.4 Å². The van der Waals surface area contributed by atoms with E-state index in [2.05, 4.69) is 33.8 Å². The molecule has 1 aliphatic heterocycles. The number of carbonyl (C=O) groups is 2. The van der Waals surface area contributed by atoms with Gasteiger partial charge in [-0.25, -0.2) is 0 Å². The average molecular weight is 364 g/mol. The molecule has 0 radical (unpaired) electrons. The Morgan fingerprint density at radius 2 is 1.96 bits per heavy atom. The van der Waals surface area contributed by atoms with Crippen LogP contribution in [0.15, 0.2) is 11.6 Å². The molecule has 0 unspecified atom stereocenters. The number of hydrogen-bond donors (Lipinski definition) is 1. The van der Waals surface area contributed by atoms with Crippen LogP contribution >= 0.6 is 0 Å². The molecule has 1 spiro atoms. The van der Waals surface area contributed by atoms with Crippen LogP contribution in [0.2, 0.25) is 0 Å². The highest BCUT2D eigenvalue weighted by molar-refractivity contribution is 5.68. The number of ether oxygens (including phenoxy) is 2. The van der Waals surface area contributed by atoms with Crippen molar-refractivity contribution in [1.29, 1.82) is 0 Å². The minimum Gasteiger partial charge on any atom is -0.481 e. The maximum Gasteiger partial charge on any atom is 0.306 e. The van der Waals surface area contributed by atoms with Crippen LogP contribution in [0, 0.1) is 16.7 Å². The standard InChI is InChI=1S/C21H32O5/c1-14-11-15(25-13-22)17-18(2,3)7-6-8-20(17,5)21(14)10-9-19(4,26-21)12-16(23)24/h11,13,15,17H,6-10,12H2,1-5H3,(H,23,24)/t15-,17+,19+,20+,21-/m1/s1. The molecular weight excluding hydrogens is 332 g/mol. The smallest absolute Gasteiger partial charge is 0.306 e. The summed E-state index contributed by atoms with van der Waals surface area (Å²) < 4.78 is 12.2. The van der Waals surface area contributed by atoms with E-state index in [0.29, 0.717) is 6.47 Å². The maximum absolute atomic E-state index is 11.4. The lowest BCUT2D eigenvalue weighted by Gasteiger charge is -2.62. The van der Waals surface area contributed by atoms with Gasteiger partial charge in [-0.05, 0) is 56.6 Å². The summed E-state index contributed by atoms with van der Waals surface area (Å²) in [5.74, 6) is -0.681. The number of carboxylic acid groups (broad SMARTS) is 1. The van der Waals surface area contributed by atoms with Gasteiger partial charge >= 0.3 is 5.97 Å². The lowest BCUT2D eigenvalue weighted by molar-refractivity contribution is -0.213. The van der Waals surface area contributed by atoms with Gasteiger partial charge < -0.3 is 14.6 Å². The highest BCUT2D eigenvalue weighted by Gasteiger charge is 2.67. The van der Waals surface area contributed by atoms with Crippen LogP contribution in [0.4, 0.5) is 0 Å². The minimum absolute atomic E-state index is 0.0139. The first-order valence-electron chi connectivity index (χ1n) is 9.70. The molecule has 5 heteroatoms. The number of fused-ring (bicyclic) bond motifs is 2. The molecule has 1 heterocycles. The van der Waals surface area contributed by atoms with Gasteiger partial charge in [0, 0.05) is 11.3 Å². The first kappa shape index (κ1) is 19.4. The van der Waals surface area contributed by atoms with Gasteiger partial charge in [0.15, 0.2) is 0 Å². The quantitative estimate of drug-likeness (QED) is 0.600. The Kier molecular flexibility index (Phi) is 4.54. The van der Waals surface area contributed by atoms with E-state index in [1.807, 2.05) is 6.92 Å². The van der Waals surface area contributed by atoms with Gasteiger partial charge in [0.05, 0.1) is 17.6 Å². The van der Waals surface area contributed by atoms with Gasteiger partial charge in [0.1, 0.15) is 6.10 Å². The molecule has 3 aliphatic rings. The van der Waals surface area contributed by atoms with E-state index in [9.17, 15) is 14.7 Å². The first-order valence-corrected chi connectivity index (χ1v) is 9.70. The van der Waals surface area contributed by atoms with Gasteiger partial charge in [0.2, 0.25) is 0 Å². The van der Waals surface area contributed by atoms with Gasteiger partial charge in [-0.2, -0.15) is 0 Å². The predicted octanol–water partition coefficient (Wildman–Crippen LogP) is 4.10. The molecule has 2 fully saturated rings. The summed E-state index contributed by atoms with van der Waals surface area (Å²) >= 11 is 0. The third kappa shape index (κ3) is 2.70. The van der Waals surface area contributed by atoms with Crippen molar-refractivity contribution in [2.75, 3.05) is 0 Å². The zero-order chi connectivity index (χ0) is 19.4. The highest BCUT2D eigenvalue weighted by atomic mass is 16.5. The molecule has 26 heavy (non-hydrogen) atoms. The third-order valence-corrected chi connectivity index (χ3v) is 7.51. The molecule has 0 bridgehead atoms. The van der Waals surface area contributed by atoms with E-state index in [0.717, 1.165) is 37.7 Å². The SMILES string of the molecule is CC1=C[C@@H](OC=O)[C@H]2C(C)(C)CCC[C@]2(C)[C@@]12CC[C@@](C)(CC(=O)O)O2. The van der Waals surface area contributed by atoms with E-state index in [1.165, 1.54) is 0 Å². The van der Waals surface area contributed by atoms with Crippen LogP contribution in [0.1, 0.15) is 73.1 Å². The Hall–Kier alpha value is -1.36. The van der Waals surface area contributed by atoms with Crippen molar-refractivity contribution in [2.24, 2.45) is 16.7 Å². The molecule has 5 nitrogen and oxygen atoms in total. The summed E-state index contributed by atoms with van der Waals surface area (Å²) in [7, 11) is 0. The van der Waals surface area contributed by atoms with E-state index in [1.54, 1.807) is 0 Å². The number of aliphatic carboxylic acids is 1. The largest absolute Gasteiger partial charge is 0.481 e. The topological polar surface area (TPSA) is 72.8 Å². The van der Waals surface area contributed by atoms with Crippen molar-refractivity contribution in [1.82, 2.24) is 0 Å². The van der Waals surface area contributed by atoms with Crippen LogP contribution in [0.25, 0.3) is 0 Å². The first-order chi connectivity index (χ1) is 12.0. The van der Waals surface area contributed by atoms with Gasteiger partial charge in [0.25, 0.3) is 6.47 Å². The Morgan fingerprint density at radius 1 is 1.27 bits per heavy atom. The van der Waals surface area contributed by atoms with Crippen LogP contribution in [-0.2, 0) is 19.1 Å². The molecular formula is C21H32O5. The van der Waals surface area contributed by atoms with Crippen LogP contribution in [0.5, 0.6) is 0 Å². The highest BCUT2D eigenvalue weighted by Crippen LogP contribution is 2.66. The summed E-state index contributed by atoms with van der Waals surface area (Å²) in [6, 6.07) is 0. The fourth-order valence-electron chi connectivity index (χ4n) is 6.54. The number of carboxylic acids is 1. The predicted molar refractivity (Wildman–Crippen MR) is 97.6 cm³/mol. The molecule has 1 saturated carbocycles. The summed E-state index contributed by atoms with van der Waals surface area (Å²) in [6.07, 6.45) is 6.54. The third-order valence-electron chi connectivity index (χ3n) is 7.51. The van der Waals surface area contributed by atoms with Gasteiger partial charge in [-0.15, -0.1) is 0 Å². The van der Waals surface area contributed by atoms with E-state index < -0.39 is 17.2 Å². The van der Waals surface area contributed by atoms with Crippen LogP contribution in [-0.4, -0.2) is 34.9 Å². The molecule has 2 aliphatic carbocycles. The fraction of sp³-hybridized carbons (Fsp3) is 0.810. The molecule has 0 aromatic carbocycles. The normalized spacial score (nSPS) is 44.3. The Balaban J connectivity index is 2.10. The number of rotatable bonds is 4. The molecule has 0 aromatic heterocycles. The Bertz CT molecular complexity index is 638. The fourth-order valence-corrected chi connectivity index (χ4v) is 6.54. The van der Waals surface area contributed by atoms with Gasteiger partial charge in [-0.3, -0.25) is 9.59 Å². The minimum atomic E-state index is -0.824. The van der Waals surface area contributed by atoms with E-state index in [4.69, 9.17) is 9.47 Å². The molecule has 1 N–H and O–H groups in total. The monoisotopic (exact) mass is 364 g/mol. The van der Waals surface area contributed by atoms with E-state index in [-0.39, 0.29) is 29.3 Å². The molecule has 5 atom stereocenters. The molecule has 0 aromatic rings. The van der Waals surface area contributed by atoms with Crippen molar-refractivity contribution < 1.29 is 24.2 Å². The number of carbonyl (C=O) groups excluding carboxylic acids is 1. The summed E-state index contributed by atoms with van der Waals surface area (Å²) in [5.41, 5.74) is -0.246. The Morgan fingerprint density at radius 3 is 2.58 bits per heavy atom. The second-order valence-corrected chi connectivity index (χ2v) is 9.73.